The van der Waals surface area contributed by atoms with Crippen LogP contribution in [0, 0.1) is 13.8 Å². The van der Waals surface area contributed by atoms with Gasteiger partial charge in [0.1, 0.15) is 23.4 Å². The Hall–Kier alpha value is -5.04. The minimum Gasteiger partial charge on any atom is -0.481 e. The number of carbonyl (C=O) groups is 1. The number of nitrogens with one attached hydrogen (secondary N) is 2. The van der Waals surface area contributed by atoms with E-state index in [2.05, 4.69) is 35.5 Å². The van der Waals surface area contributed by atoms with Gasteiger partial charge < -0.3 is 10.1 Å². The van der Waals surface area contributed by atoms with E-state index in [1.807, 2.05) is 36.8 Å². The van der Waals surface area contributed by atoms with Gasteiger partial charge >= 0.3 is 0 Å². The van der Waals surface area contributed by atoms with Gasteiger partial charge in [0.15, 0.2) is 12.4 Å². The number of hydrogen-bond donors (Lipinski definition) is 2. The predicted molar refractivity (Wildman–Crippen MR) is 147 cm³/mol. The molecule has 0 aliphatic heterocycles. The van der Waals surface area contributed by atoms with E-state index in [4.69, 9.17) is 4.74 Å². The van der Waals surface area contributed by atoms with Crippen molar-refractivity contribution in [3.05, 3.63) is 90.3 Å². The fourth-order valence-electron chi connectivity index (χ4n) is 3.73. The van der Waals surface area contributed by atoms with Gasteiger partial charge in [-0.2, -0.15) is 10.2 Å². The third kappa shape index (κ3) is 6.15. The van der Waals surface area contributed by atoms with E-state index in [9.17, 15) is 13.2 Å². The Kier molecular flexibility index (Phi) is 7.55. The summed E-state index contributed by atoms with van der Waals surface area (Å²) in [6, 6.07) is 14.8. The van der Waals surface area contributed by atoms with E-state index in [1.165, 1.54) is 18.5 Å². The van der Waals surface area contributed by atoms with Gasteiger partial charge in [-0.05, 0) is 55.8 Å². The van der Waals surface area contributed by atoms with Crippen molar-refractivity contribution in [2.24, 2.45) is 0 Å². The highest BCUT2D eigenvalue weighted by atomic mass is 32.2. The lowest BCUT2D eigenvalue weighted by molar-refractivity contribution is -0.121. The number of benzene rings is 2. The molecule has 0 aliphatic carbocycles. The molecule has 0 saturated carbocycles. The Balaban J connectivity index is 1.45. The number of anilines is 1. The molecule has 0 saturated heterocycles. The summed E-state index contributed by atoms with van der Waals surface area (Å²) in [5.74, 6) is 0.291. The number of nitrogens with zero attached hydrogens (tertiary/aromatic N) is 6. The lowest BCUT2D eigenvalue weighted by Gasteiger charge is -2.14. The fraction of sp³-hybridized carbons (Fsp3) is 0.148. The first-order chi connectivity index (χ1) is 19.3. The fourth-order valence-corrected chi connectivity index (χ4v) is 4.73. The number of ether oxygens (including phenoxy) is 1. The molecule has 12 nitrogen and oxygen atoms in total. The summed E-state index contributed by atoms with van der Waals surface area (Å²) in [6.45, 7) is 3.51. The van der Waals surface area contributed by atoms with Crippen LogP contribution in [0.15, 0.2) is 78.2 Å². The standard InChI is InChI=1S/C27H24N8O4S/c1-17-12-28-26(29-13-17)19-10-22-25(31-16-32-27(22)30-14-20-9-8-18(2)33-34-20)23(11-19)39-15-24(36)35-40(37,38)21-6-4-3-5-7-21/h3-13,16H,14-15H2,1-2H3,(H,35,36)(H,30,31,32). The van der Waals surface area contributed by atoms with Gasteiger partial charge in [-0.3, -0.25) is 4.79 Å². The molecule has 0 aliphatic rings. The molecule has 0 atom stereocenters. The Morgan fingerprint density at radius 3 is 2.42 bits per heavy atom. The maximum atomic E-state index is 12.6. The van der Waals surface area contributed by atoms with E-state index in [1.54, 1.807) is 36.7 Å². The normalized spacial score (nSPS) is 11.2. The molecule has 2 aromatic carbocycles. The van der Waals surface area contributed by atoms with E-state index in [0.717, 1.165) is 11.3 Å². The Labute approximate surface area is 230 Å². The molecule has 13 heteroatoms. The van der Waals surface area contributed by atoms with E-state index < -0.39 is 22.5 Å². The van der Waals surface area contributed by atoms with Crippen LogP contribution in [0.5, 0.6) is 5.75 Å². The third-order valence-electron chi connectivity index (χ3n) is 5.69. The van der Waals surface area contributed by atoms with Gasteiger partial charge in [-0.15, -0.1) is 0 Å². The summed E-state index contributed by atoms with van der Waals surface area (Å²) >= 11 is 0. The second-order valence-corrected chi connectivity index (χ2v) is 10.5. The molecule has 202 valence electrons. The highest BCUT2D eigenvalue weighted by Gasteiger charge is 2.19. The lowest BCUT2D eigenvalue weighted by Crippen LogP contribution is -2.34. The summed E-state index contributed by atoms with van der Waals surface area (Å²) < 4.78 is 32.9. The smallest absolute Gasteiger partial charge is 0.271 e. The van der Waals surface area contributed by atoms with Crippen molar-refractivity contribution in [2.75, 3.05) is 11.9 Å². The number of aryl methyl sites for hydroxylation is 2. The minimum absolute atomic E-state index is 0.0333. The second-order valence-electron chi connectivity index (χ2n) is 8.83. The number of carbonyl (C=O) groups excluding carboxylic acids is 1. The maximum absolute atomic E-state index is 12.6. The molecule has 0 radical (unpaired) electrons. The predicted octanol–water partition coefficient (Wildman–Crippen LogP) is 2.99. The van der Waals surface area contributed by atoms with Crippen molar-refractivity contribution in [3.8, 4) is 17.1 Å². The largest absolute Gasteiger partial charge is 0.481 e. The molecule has 0 spiro atoms. The monoisotopic (exact) mass is 556 g/mol. The molecule has 0 fully saturated rings. The SMILES string of the molecule is Cc1cnc(-c2cc(OCC(=O)NS(=O)(=O)c3ccccc3)c3ncnc(NCc4ccc(C)nn4)c3c2)nc1. The van der Waals surface area contributed by atoms with Crippen molar-refractivity contribution < 1.29 is 17.9 Å². The van der Waals surface area contributed by atoms with Crippen LogP contribution < -0.4 is 14.8 Å². The van der Waals surface area contributed by atoms with Gasteiger partial charge in [0.05, 0.1) is 22.8 Å². The third-order valence-corrected chi connectivity index (χ3v) is 7.08. The van der Waals surface area contributed by atoms with E-state index in [0.29, 0.717) is 40.3 Å². The number of sulfonamides is 1. The topological polar surface area (TPSA) is 162 Å². The van der Waals surface area contributed by atoms with E-state index in [-0.39, 0.29) is 10.6 Å². The first kappa shape index (κ1) is 26.6. The Morgan fingerprint density at radius 2 is 1.70 bits per heavy atom. The van der Waals surface area contributed by atoms with Crippen LogP contribution in [0.1, 0.15) is 17.0 Å². The van der Waals surface area contributed by atoms with Crippen molar-refractivity contribution in [1.82, 2.24) is 34.9 Å². The average molecular weight is 557 g/mol. The highest BCUT2D eigenvalue weighted by Crippen LogP contribution is 2.33. The molecule has 5 rings (SSSR count). The number of amides is 1. The van der Waals surface area contributed by atoms with Crippen LogP contribution in [0.4, 0.5) is 5.82 Å². The maximum Gasteiger partial charge on any atom is 0.271 e. The molecule has 0 unspecified atom stereocenters. The zero-order valence-corrected chi connectivity index (χ0v) is 22.4. The van der Waals surface area contributed by atoms with Crippen LogP contribution in [-0.4, -0.2) is 51.1 Å². The number of hydrogen-bond acceptors (Lipinski definition) is 11. The number of aromatic nitrogens is 6. The Bertz CT molecular complexity index is 1770. The van der Waals surface area contributed by atoms with Crippen molar-refractivity contribution in [3.63, 3.8) is 0 Å². The summed E-state index contributed by atoms with van der Waals surface area (Å²) in [5.41, 5.74) is 3.40. The van der Waals surface area contributed by atoms with Crippen LogP contribution in [0.3, 0.4) is 0 Å². The van der Waals surface area contributed by atoms with Crippen LogP contribution in [0.2, 0.25) is 0 Å². The second kappa shape index (κ2) is 11.4. The Morgan fingerprint density at radius 1 is 0.925 bits per heavy atom. The first-order valence-electron chi connectivity index (χ1n) is 12.1. The molecule has 2 N–H and O–H groups in total. The van der Waals surface area contributed by atoms with Gasteiger partial charge in [-0.25, -0.2) is 33.1 Å². The summed E-state index contributed by atoms with van der Waals surface area (Å²) in [6.07, 6.45) is 4.73. The molecular formula is C27H24N8O4S. The summed E-state index contributed by atoms with van der Waals surface area (Å²) in [4.78, 5) is 30.1. The minimum atomic E-state index is -4.05. The molecule has 3 aromatic heterocycles. The zero-order valence-electron chi connectivity index (χ0n) is 21.6. The zero-order chi connectivity index (χ0) is 28.1. The van der Waals surface area contributed by atoms with Gasteiger partial charge in [0.25, 0.3) is 15.9 Å². The van der Waals surface area contributed by atoms with Crippen LogP contribution in [-0.2, 0) is 21.4 Å². The summed E-state index contributed by atoms with van der Waals surface area (Å²) in [5, 5.41) is 12.1. The van der Waals surface area contributed by atoms with Crippen molar-refractivity contribution in [1.29, 1.82) is 0 Å². The molecule has 1 amide bonds. The number of fused-ring (bicyclic) bond motifs is 1. The molecule has 0 bridgehead atoms. The molecule has 40 heavy (non-hydrogen) atoms. The highest BCUT2D eigenvalue weighted by molar-refractivity contribution is 7.90. The van der Waals surface area contributed by atoms with Gasteiger partial charge in [0, 0.05) is 23.3 Å². The van der Waals surface area contributed by atoms with Crippen LogP contribution >= 0.6 is 0 Å². The molecular weight excluding hydrogens is 532 g/mol. The molecule has 5 aromatic rings. The van der Waals surface area contributed by atoms with Gasteiger partial charge in [-0.1, -0.05) is 18.2 Å². The van der Waals surface area contributed by atoms with Crippen LogP contribution in [0.25, 0.3) is 22.3 Å². The first-order valence-corrected chi connectivity index (χ1v) is 13.6. The molecule has 3 heterocycles. The quantitative estimate of drug-likeness (QED) is 0.274. The van der Waals surface area contributed by atoms with Crippen molar-refractivity contribution in [2.45, 2.75) is 25.3 Å². The van der Waals surface area contributed by atoms with Crippen molar-refractivity contribution >= 4 is 32.7 Å². The van der Waals surface area contributed by atoms with Gasteiger partial charge in [0.2, 0.25) is 0 Å². The lowest BCUT2D eigenvalue weighted by atomic mass is 10.1. The summed E-state index contributed by atoms with van der Waals surface area (Å²) in [7, 11) is -4.05. The average Bonchev–Trinajstić information content (AvgIpc) is 2.96. The number of rotatable bonds is 9. The van der Waals surface area contributed by atoms with E-state index >= 15 is 0 Å².